The molecular formula is C28H26N2O4. The monoisotopic (exact) mass is 454 g/mol. The number of allylic oxidation sites excluding steroid dienone is 1. The van der Waals surface area contributed by atoms with Gasteiger partial charge in [0.05, 0.1) is 31.6 Å². The maximum Gasteiger partial charge on any atom is 0.193 e. The molecule has 0 unspecified atom stereocenters. The van der Waals surface area contributed by atoms with Crippen LogP contribution in [0, 0.1) is 0 Å². The number of ketones is 2. The molecule has 6 heteroatoms. The smallest absolute Gasteiger partial charge is 0.193 e. The molecular weight excluding hydrogens is 428 g/mol. The van der Waals surface area contributed by atoms with Gasteiger partial charge in [0.1, 0.15) is 0 Å². The fourth-order valence-electron chi connectivity index (χ4n) is 4.67. The van der Waals surface area contributed by atoms with Gasteiger partial charge < -0.3 is 20.1 Å². The van der Waals surface area contributed by atoms with E-state index in [1.54, 1.807) is 14.2 Å². The Bertz CT molecular complexity index is 1300. The molecule has 0 saturated heterocycles. The van der Waals surface area contributed by atoms with Crippen molar-refractivity contribution in [2.24, 2.45) is 0 Å². The minimum Gasteiger partial charge on any atom is -0.493 e. The van der Waals surface area contributed by atoms with Crippen LogP contribution in [0.3, 0.4) is 0 Å². The Morgan fingerprint density at radius 1 is 0.853 bits per heavy atom. The molecule has 0 aromatic heterocycles. The van der Waals surface area contributed by atoms with Crippen molar-refractivity contribution in [2.45, 2.75) is 25.3 Å². The van der Waals surface area contributed by atoms with Crippen molar-refractivity contribution < 1.29 is 19.1 Å². The van der Waals surface area contributed by atoms with E-state index in [1.807, 2.05) is 66.7 Å². The lowest BCUT2D eigenvalue weighted by Gasteiger charge is -2.26. The van der Waals surface area contributed by atoms with Gasteiger partial charge in [0.25, 0.3) is 0 Å². The SMILES string of the molecule is COc1ccc([C@@H]2Nc3ccc(C(=O)c4ccccc4)cc3NC3=C2C(=O)CCC3)cc1OC. The summed E-state index contributed by atoms with van der Waals surface area (Å²) in [6.45, 7) is 0. The maximum atomic E-state index is 13.1. The molecule has 6 nitrogen and oxygen atoms in total. The number of carbonyl (C=O) groups excluding carboxylic acids is 2. The van der Waals surface area contributed by atoms with E-state index in [9.17, 15) is 9.59 Å². The van der Waals surface area contributed by atoms with Gasteiger partial charge in [-0.15, -0.1) is 0 Å². The lowest BCUT2D eigenvalue weighted by atomic mass is 9.86. The van der Waals surface area contributed by atoms with Crippen LogP contribution >= 0.6 is 0 Å². The first-order valence-electron chi connectivity index (χ1n) is 11.3. The van der Waals surface area contributed by atoms with E-state index in [4.69, 9.17) is 9.47 Å². The number of fused-ring (bicyclic) bond motifs is 1. The predicted octanol–water partition coefficient (Wildman–Crippen LogP) is 5.52. The molecule has 5 rings (SSSR count). The molecule has 0 fully saturated rings. The molecule has 3 aromatic carbocycles. The lowest BCUT2D eigenvalue weighted by molar-refractivity contribution is -0.116. The molecule has 0 radical (unpaired) electrons. The molecule has 0 amide bonds. The number of Topliss-reactive ketones (excluding diaryl/α,β-unsaturated/α-hetero) is 1. The summed E-state index contributed by atoms with van der Waals surface area (Å²) in [6.07, 6.45) is 2.07. The van der Waals surface area contributed by atoms with Crippen LogP contribution < -0.4 is 20.1 Å². The van der Waals surface area contributed by atoms with E-state index in [1.165, 1.54) is 0 Å². The number of nitrogens with one attached hydrogen (secondary N) is 2. The summed E-state index contributed by atoms with van der Waals surface area (Å²) in [5, 5.41) is 7.03. The van der Waals surface area contributed by atoms with Crippen molar-refractivity contribution >= 4 is 22.9 Å². The van der Waals surface area contributed by atoms with Gasteiger partial charge in [0.15, 0.2) is 23.1 Å². The quantitative estimate of drug-likeness (QED) is 0.495. The van der Waals surface area contributed by atoms with Gasteiger partial charge in [0.2, 0.25) is 0 Å². The van der Waals surface area contributed by atoms with Crippen LogP contribution in [0.5, 0.6) is 11.5 Å². The van der Waals surface area contributed by atoms with Gasteiger partial charge in [-0.3, -0.25) is 9.59 Å². The molecule has 3 aromatic rings. The molecule has 1 heterocycles. The van der Waals surface area contributed by atoms with Crippen molar-refractivity contribution in [3.63, 3.8) is 0 Å². The van der Waals surface area contributed by atoms with Crippen molar-refractivity contribution in [3.8, 4) is 11.5 Å². The minimum atomic E-state index is -0.355. The van der Waals surface area contributed by atoms with Crippen LogP contribution in [0.15, 0.2) is 78.0 Å². The summed E-state index contributed by atoms with van der Waals surface area (Å²) in [7, 11) is 3.20. The van der Waals surface area contributed by atoms with Gasteiger partial charge >= 0.3 is 0 Å². The summed E-state index contributed by atoms with van der Waals surface area (Å²) < 4.78 is 10.9. The van der Waals surface area contributed by atoms with Gasteiger partial charge in [-0.2, -0.15) is 0 Å². The number of carbonyl (C=O) groups is 2. The summed E-state index contributed by atoms with van der Waals surface area (Å²) in [5.74, 6) is 1.31. The van der Waals surface area contributed by atoms with E-state index < -0.39 is 0 Å². The van der Waals surface area contributed by atoms with Crippen LogP contribution in [-0.4, -0.2) is 25.8 Å². The molecule has 1 aliphatic carbocycles. The second-order valence-corrected chi connectivity index (χ2v) is 8.44. The second kappa shape index (κ2) is 9.06. The van der Waals surface area contributed by atoms with Gasteiger partial charge in [0, 0.05) is 28.8 Å². The molecule has 2 aliphatic rings. The normalized spacial score (nSPS) is 17.0. The number of anilines is 2. The largest absolute Gasteiger partial charge is 0.493 e. The molecule has 34 heavy (non-hydrogen) atoms. The van der Waals surface area contributed by atoms with Crippen LogP contribution in [0.4, 0.5) is 11.4 Å². The molecule has 0 spiro atoms. The lowest BCUT2D eigenvalue weighted by Crippen LogP contribution is -2.23. The highest BCUT2D eigenvalue weighted by Crippen LogP contribution is 2.42. The first kappa shape index (κ1) is 21.8. The molecule has 172 valence electrons. The van der Waals surface area contributed by atoms with E-state index in [0.717, 1.165) is 41.1 Å². The highest BCUT2D eigenvalue weighted by Gasteiger charge is 2.32. The summed E-state index contributed by atoms with van der Waals surface area (Å²) in [4.78, 5) is 26.1. The summed E-state index contributed by atoms with van der Waals surface area (Å²) in [5.41, 5.74) is 5.36. The standard InChI is InChI=1S/C28H26N2O4/c1-33-24-14-12-18(16-25(24)34-2)27-26-21(9-6-10-23(26)31)29-22-15-19(11-13-20(22)30-27)28(32)17-7-4-3-5-8-17/h3-5,7-8,11-16,27,29-30H,6,9-10H2,1-2H3/t27-/m0/s1. The summed E-state index contributed by atoms with van der Waals surface area (Å²) >= 11 is 0. The number of hydrogen-bond acceptors (Lipinski definition) is 6. The van der Waals surface area contributed by atoms with Gasteiger partial charge in [-0.05, 0) is 48.7 Å². The molecule has 1 atom stereocenters. The fourth-order valence-corrected chi connectivity index (χ4v) is 4.67. The fraction of sp³-hybridized carbons (Fsp3) is 0.214. The Morgan fingerprint density at radius 3 is 2.41 bits per heavy atom. The Morgan fingerprint density at radius 2 is 1.65 bits per heavy atom. The average molecular weight is 455 g/mol. The summed E-state index contributed by atoms with van der Waals surface area (Å²) in [6, 6.07) is 20.2. The molecule has 0 saturated carbocycles. The highest BCUT2D eigenvalue weighted by atomic mass is 16.5. The van der Waals surface area contributed by atoms with Crippen molar-refractivity contribution in [1.29, 1.82) is 0 Å². The first-order valence-corrected chi connectivity index (χ1v) is 11.3. The Kier molecular flexibility index (Phi) is 5.80. The average Bonchev–Trinajstić information content (AvgIpc) is 3.05. The minimum absolute atomic E-state index is 0.0418. The number of methoxy groups -OCH3 is 2. The number of ether oxygens (including phenoxy) is 2. The van der Waals surface area contributed by atoms with Gasteiger partial charge in [-0.1, -0.05) is 36.4 Å². The zero-order valence-corrected chi connectivity index (χ0v) is 19.2. The Hall–Kier alpha value is -4.06. The third-order valence-corrected chi connectivity index (χ3v) is 6.39. The predicted molar refractivity (Wildman–Crippen MR) is 132 cm³/mol. The third-order valence-electron chi connectivity index (χ3n) is 6.39. The van der Waals surface area contributed by atoms with Gasteiger partial charge in [-0.25, -0.2) is 0 Å². The van der Waals surface area contributed by atoms with E-state index >= 15 is 0 Å². The molecule has 2 N–H and O–H groups in total. The van der Waals surface area contributed by atoms with Crippen LogP contribution in [0.1, 0.15) is 46.8 Å². The Labute approximate surface area is 198 Å². The molecule has 0 bridgehead atoms. The maximum absolute atomic E-state index is 13.1. The zero-order valence-electron chi connectivity index (χ0n) is 19.2. The number of rotatable bonds is 5. The Balaban J connectivity index is 1.58. The van der Waals surface area contributed by atoms with Crippen LogP contribution in [0.25, 0.3) is 0 Å². The van der Waals surface area contributed by atoms with Crippen molar-refractivity contribution in [2.75, 3.05) is 24.9 Å². The van der Waals surface area contributed by atoms with E-state index in [-0.39, 0.29) is 17.6 Å². The first-order chi connectivity index (χ1) is 16.6. The number of benzene rings is 3. The van der Waals surface area contributed by atoms with Crippen LogP contribution in [0.2, 0.25) is 0 Å². The molecule has 1 aliphatic heterocycles. The topological polar surface area (TPSA) is 76.7 Å². The zero-order chi connectivity index (χ0) is 23.7. The van der Waals surface area contributed by atoms with E-state index in [0.29, 0.717) is 29.0 Å². The number of hydrogen-bond donors (Lipinski definition) is 2. The van der Waals surface area contributed by atoms with Crippen LogP contribution in [-0.2, 0) is 4.79 Å². The second-order valence-electron chi connectivity index (χ2n) is 8.44. The van der Waals surface area contributed by atoms with E-state index in [2.05, 4.69) is 10.6 Å². The van der Waals surface area contributed by atoms with Crippen molar-refractivity contribution in [1.82, 2.24) is 0 Å². The highest BCUT2D eigenvalue weighted by molar-refractivity contribution is 6.10. The van der Waals surface area contributed by atoms with Crippen molar-refractivity contribution in [3.05, 3.63) is 94.7 Å². The third kappa shape index (κ3) is 3.92.